The minimum atomic E-state index is 0.0502. The molecule has 0 spiro atoms. The summed E-state index contributed by atoms with van der Waals surface area (Å²) in [4.78, 5) is 0. The largest absolute Gasteiger partial charge is 0.459 e. The van der Waals surface area contributed by atoms with Crippen LogP contribution in [0.3, 0.4) is 0 Å². The lowest BCUT2D eigenvalue weighted by Crippen LogP contribution is -2.05. The topological polar surface area (TPSA) is 63.2 Å². The predicted octanol–water partition coefficient (Wildman–Crippen LogP) is 2.79. The van der Waals surface area contributed by atoms with E-state index in [2.05, 4.69) is 10.4 Å². The van der Waals surface area contributed by atoms with Crippen LogP contribution in [0.2, 0.25) is 0 Å². The molecule has 20 heavy (non-hydrogen) atoms. The van der Waals surface area contributed by atoms with Crippen LogP contribution in [0.1, 0.15) is 18.7 Å². The van der Waals surface area contributed by atoms with Gasteiger partial charge in [0.2, 0.25) is 0 Å². The molecule has 1 unspecified atom stereocenters. The standard InChI is InChI=1S/C15H17N3O2/c1-11(17-13-9-16-18(10-13)6-7-19)15-8-12-4-2-3-5-14(12)20-15/h2-5,8-11,17,19H,6-7H2,1H3. The number of aromatic nitrogens is 2. The van der Waals surface area contributed by atoms with Crippen LogP contribution in [-0.4, -0.2) is 21.5 Å². The van der Waals surface area contributed by atoms with Gasteiger partial charge in [-0.05, 0) is 19.1 Å². The molecule has 0 fully saturated rings. The van der Waals surface area contributed by atoms with Crippen molar-refractivity contribution in [3.05, 3.63) is 48.5 Å². The number of furan rings is 1. The first kappa shape index (κ1) is 12.7. The van der Waals surface area contributed by atoms with Crippen molar-refractivity contribution in [3.63, 3.8) is 0 Å². The van der Waals surface area contributed by atoms with Crippen LogP contribution in [0.4, 0.5) is 5.69 Å². The molecule has 0 radical (unpaired) electrons. The molecule has 0 aliphatic heterocycles. The van der Waals surface area contributed by atoms with Crippen LogP contribution < -0.4 is 5.32 Å². The number of para-hydroxylation sites is 1. The average Bonchev–Trinajstić information content (AvgIpc) is 3.05. The van der Waals surface area contributed by atoms with Gasteiger partial charge >= 0.3 is 0 Å². The second kappa shape index (κ2) is 5.38. The molecule has 0 saturated carbocycles. The fourth-order valence-corrected chi connectivity index (χ4v) is 2.20. The van der Waals surface area contributed by atoms with Crippen molar-refractivity contribution >= 4 is 16.7 Å². The first-order chi connectivity index (χ1) is 9.76. The number of benzene rings is 1. The van der Waals surface area contributed by atoms with Gasteiger partial charge in [0.25, 0.3) is 0 Å². The van der Waals surface area contributed by atoms with Gasteiger partial charge in [-0.3, -0.25) is 4.68 Å². The van der Waals surface area contributed by atoms with E-state index in [9.17, 15) is 0 Å². The number of aliphatic hydroxyl groups excluding tert-OH is 1. The van der Waals surface area contributed by atoms with Gasteiger partial charge in [-0.2, -0.15) is 5.10 Å². The van der Waals surface area contributed by atoms with Gasteiger partial charge in [-0.1, -0.05) is 18.2 Å². The first-order valence-corrected chi connectivity index (χ1v) is 6.64. The summed E-state index contributed by atoms with van der Waals surface area (Å²) in [6, 6.07) is 10.1. The number of hydrogen-bond acceptors (Lipinski definition) is 4. The smallest absolute Gasteiger partial charge is 0.134 e. The molecular formula is C15H17N3O2. The van der Waals surface area contributed by atoms with E-state index in [0.717, 1.165) is 22.4 Å². The van der Waals surface area contributed by atoms with Gasteiger partial charge in [0.05, 0.1) is 31.1 Å². The van der Waals surface area contributed by atoms with E-state index >= 15 is 0 Å². The van der Waals surface area contributed by atoms with E-state index < -0.39 is 0 Å². The Bertz CT molecular complexity index is 669. The third-order valence-corrected chi connectivity index (χ3v) is 3.22. The predicted molar refractivity (Wildman–Crippen MR) is 77.6 cm³/mol. The van der Waals surface area contributed by atoms with Gasteiger partial charge in [-0.15, -0.1) is 0 Å². The van der Waals surface area contributed by atoms with Crippen LogP contribution in [0.25, 0.3) is 11.0 Å². The highest BCUT2D eigenvalue weighted by Crippen LogP contribution is 2.25. The Hall–Kier alpha value is -2.27. The number of hydrogen-bond donors (Lipinski definition) is 2. The van der Waals surface area contributed by atoms with Gasteiger partial charge in [0.15, 0.2) is 0 Å². The summed E-state index contributed by atoms with van der Waals surface area (Å²) in [7, 11) is 0. The summed E-state index contributed by atoms with van der Waals surface area (Å²) in [6.07, 6.45) is 3.62. The molecule has 2 N–H and O–H groups in total. The van der Waals surface area contributed by atoms with Gasteiger partial charge in [0, 0.05) is 11.6 Å². The molecule has 0 aliphatic rings. The van der Waals surface area contributed by atoms with Crippen molar-refractivity contribution < 1.29 is 9.52 Å². The highest BCUT2D eigenvalue weighted by Gasteiger charge is 2.12. The number of anilines is 1. The molecule has 104 valence electrons. The first-order valence-electron chi connectivity index (χ1n) is 6.64. The number of aliphatic hydroxyl groups is 1. The van der Waals surface area contributed by atoms with Gasteiger partial charge in [0.1, 0.15) is 11.3 Å². The lowest BCUT2D eigenvalue weighted by Gasteiger charge is -2.10. The van der Waals surface area contributed by atoms with Crippen molar-refractivity contribution in [2.24, 2.45) is 0 Å². The maximum Gasteiger partial charge on any atom is 0.134 e. The molecule has 3 aromatic rings. The van der Waals surface area contributed by atoms with Crippen molar-refractivity contribution in [3.8, 4) is 0 Å². The van der Waals surface area contributed by atoms with Crippen molar-refractivity contribution in [1.82, 2.24) is 9.78 Å². The van der Waals surface area contributed by atoms with E-state index in [1.807, 2.05) is 43.5 Å². The zero-order valence-electron chi connectivity index (χ0n) is 11.3. The average molecular weight is 271 g/mol. The van der Waals surface area contributed by atoms with Gasteiger partial charge < -0.3 is 14.8 Å². The Labute approximate surface area is 116 Å². The van der Waals surface area contributed by atoms with E-state index in [-0.39, 0.29) is 12.6 Å². The van der Waals surface area contributed by atoms with Crippen molar-refractivity contribution in [2.45, 2.75) is 19.5 Å². The second-order valence-electron chi connectivity index (χ2n) is 4.77. The third kappa shape index (κ3) is 2.53. The Morgan fingerprint density at radius 2 is 2.25 bits per heavy atom. The monoisotopic (exact) mass is 271 g/mol. The maximum atomic E-state index is 8.87. The maximum absolute atomic E-state index is 8.87. The number of nitrogens with zero attached hydrogens (tertiary/aromatic N) is 2. The fourth-order valence-electron chi connectivity index (χ4n) is 2.20. The zero-order chi connectivity index (χ0) is 13.9. The number of rotatable bonds is 5. The lowest BCUT2D eigenvalue weighted by atomic mass is 10.2. The molecule has 1 aromatic carbocycles. The molecular weight excluding hydrogens is 254 g/mol. The highest BCUT2D eigenvalue weighted by molar-refractivity contribution is 5.77. The third-order valence-electron chi connectivity index (χ3n) is 3.22. The molecule has 0 amide bonds. The van der Waals surface area contributed by atoms with E-state index in [4.69, 9.17) is 9.52 Å². The molecule has 3 rings (SSSR count). The molecule has 2 aromatic heterocycles. The second-order valence-corrected chi connectivity index (χ2v) is 4.77. The zero-order valence-corrected chi connectivity index (χ0v) is 11.3. The molecule has 0 bridgehead atoms. The van der Waals surface area contributed by atoms with Gasteiger partial charge in [-0.25, -0.2) is 0 Å². The summed E-state index contributed by atoms with van der Waals surface area (Å²) in [5, 5.41) is 17.5. The number of fused-ring (bicyclic) bond motifs is 1. The molecule has 5 nitrogen and oxygen atoms in total. The lowest BCUT2D eigenvalue weighted by molar-refractivity contribution is 0.269. The molecule has 5 heteroatoms. The molecule has 2 heterocycles. The van der Waals surface area contributed by atoms with Crippen LogP contribution in [0, 0.1) is 0 Å². The Morgan fingerprint density at radius 1 is 1.40 bits per heavy atom. The summed E-state index contributed by atoms with van der Waals surface area (Å²) < 4.78 is 7.53. The molecule has 1 atom stereocenters. The Balaban J connectivity index is 1.75. The van der Waals surface area contributed by atoms with E-state index in [0.29, 0.717) is 6.54 Å². The van der Waals surface area contributed by atoms with E-state index in [1.165, 1.54) is 0 Å². The van der Waals surface area contributed by atoms with Crippen LogP contribution in [0.15, 0.2) is 47.1 Å². The Morgan fingerprint density at radius 3 is 3.05 bits per heavy atom. The SMILES string of the molecule is CC(Nc1cnn(CCO)c1)c1cc2ccccc2o1. The molecule has 0 saturated heterocycles. The van der Waals surface area contributed by atoms with Crippen LogP contribution >= 0.6 is 0 Å². The summed E-state index contributed by atoms with van der Waals surface area (Å²) >= 11 is 0. The van der Waals surface area contributed by atoms with Crippen molar-refractivity contribution in [2.75, 3.05) is 11.9 Å². The molecule has 0 aliphatic carbocycles. The summed E-state index contributed by atoms with van der Waals surface area (Å²) in [6.45, 7) is 2.63. The van der Waals surface area contributed by atoms with Crippen molar-refractivity contribution in [1.29, 1.82) is 0 Å². The van der Waals surface area contributed by atoms with Crippen LogP contribution in [-0.2, 0) is 6.54 Å². The minimum Gasteiger partial charge on any atom is -0.459 e. The number of nitrogens with one attached hydrogen (secondary N) is 1. The van der Waals surface area contributed by atoms with E-state index in [1.54, 1.807) is 10.9 Å². The minimum absolute atomic E-state index is 0.0502. The quantitative estimate of drug-likeness (QED) is 0.749. The Kier molecular flexibility index (Phi) is 3.43. The highest BCUT2D eigenvalue weighted by atomic mass is 16.3. The normalized spacial score (nSPS) is 12.7. The van der Waals surface area contributed by atoms with Crippen LogP contribution in [0.5, 0.6) is 0 Å². The fraction of sp³-hybridized carbons (Fsp3) is 0.267. The summed E-state index contributed by atoms with van der Waals surface area (Å²) in [5.74, 6) is 0.890. The summed E-state index contributed by atoms with van der Waals surface area (Å²) in [5.41, 5.74) is 1.80.